The first kappa shape index (κ1) is 38.5. The molecule has 0 aromatic heterocycles. The number of alkyl carbamates (subject to hydrolysis) is 1. The zero-order valence-electron chi connectivity index (χ0n) is 29.7. The standard InChI is InChI=1S/C38H47N5O8/c1-25(34(44)40-20-26-14-16-29(17-15-26)33(39)42-36(46)50-23-27-10-7-6-8-11-27)41-35(45)32-19-31(21-43(32)37(47)51-38(2,3)4)30-13-9-12-28(18-30)22-49-24-48-5/h6-18,25,31-32H,19-24H2,1-5H3,(H,40,44)(H,41,45)(H2,39,42,46)/t25-,31-,32?/m0/s1. The fourth-order valence-corrected chi connectivity index (χ4v) is 5.47. The van der Waals surface area contributed by atoms with Crippen LogP contribution >= 0.6 is 0 Å². The Morgan fingerprint density at radius 1 is 0.922 bits per heavy atom. The van der Waals surface area contributed by atoms with Crippen LogP contribution in [0.1, 0.15) is 67.9 Å². The fraction of sp³-hybridized carbons (Fsp3) is 0.395. The molecule has 272 valence electrons. The highest BCUT2D eigenvalue weighted by molar-refractivity contribution is 6.04. The molecule has 3 aromatic carbocycles. The summed E-state index contributed by atoms with van der Waals surface area (Å²) in [6.45, 7) is 7.92. The van der Waals surface area contributed by atoms with E-state index in [0.717, 1.165) is 22.3 Å². The Hall–Kier alpha value is -5.27. The van der Waals surface area contributed by atoms with E-state index in [1.54, 1.807) is 59.1 Å². The Labute approximate surface area is 298 Å². The molecule has 1 aliphatic rings. The van der Waals surface area contributed by atoms with Gasteiger partial charge in [-0.25, -0.2) is 9.59 Å². The van der Waals surface area contributed by atoms with Crippen molar-refractivity contribution in [2.24, 2.45) is 0 Å². The maximum atomic E-state index is 13.6. The van der Waals surface area contributed by atoms with Crippen LogP contribution in [-0.4, -0.2) is 72.9 Å². The minimum Gasteiger partial charge on any atom is -0.444 e. The molecule has 4 rings (SSSR count). The number of methoxy groups -OCH3 is 1. The van der Waals surface area contributed by atoms with E-state index in [1.807, 2.05) is 54.6 Å². The summed E-state index contributed by atoms with van der Waals surface area (Å²) in [5.74, 6) is -1.13. The highest BCUT2D eigenvalue weighted by Crippen LogP contribution is 2.33. The summed E-state index contributed by atoms with van der Waals surface area (Å²) in [6.07, 6.45) is -0.989. The molecule has 1 unspecified atom stereocenters. The molecule has 1 aliphatic heterocycles. The van der Waals surface area contributed by atoms with Crippen molar-refractivity contribution in [3.05, 3.63) is 107 Å². The topological polar surface area (TPSA) is 168 Å². The van der Waals surface area contributed by atoms with Gasteiger partial charge in [0.25, 0.3) is 0 Å². The molecule has 0 saturated carbocycles. The van der Waals surface area contributed by atoms with Gasteiger partial charge in [-0.3, -0.25) is 25.2 Å². The van der Waals surface area contributed by atoms with E-state index >= 15 is 0 Å². The van der Waals surface area contributed by atoms with Crippen LogP contribution in [0, 0.1) is 5.41 Å². The van der Waals surface area contributed by atoms with Crippen LogP contribution in [0.3, 0.4) is 0 Å². The summed E-state index contributed by atoms with van der Waals surface area (Å²) >= 11 is 0. The minimum atomic E-state index is -0.892. The zero-order valence-corrected chi connectivity index (χ0v) is 29.7. The Kier molecular flexibility index (Phi) is 13.7. The number of hydrogen-bond acceptors (Lipinski definition) is 9. The number of nitrogens with zero attached hydrogens (tertiary/aromatic N) is 1. The summed E-state index contributed by atoms with van der Waals surface area (Å²) in [5.41, 5.74) is 3.17. The van der Waals surface area contributed by atoms with E-state index < -0.39 is 41.7 Å². The van der Waals surface area contributed by atoms with Crippen molar-refractivity contribution >= 4 is 29.8 Å². The van der Waals surface area contributed by atoms with Crippen molar-refractivity contribution in [2.45, 2.75) is 77.5 Å². The maximum Gasteiger partial charge on any atom is 0.413 e. The van der Waals surface area contributed by atoms with Crippen LogP contribution in [-0.2, 0) is 48.3 Å². The first-order chi connectivity index (χ1) is 24.3. The molecule has 3 atom stereocenters. The molecule has 3 aromatic rings. The van der Waals surface area contributed by atoms with Crippen molar-refractivity contribution in [1.29, 1.82) is 5.41 Å². The second-order valence-electron chi connectivity index (χ2n) is 13.3. The molecular weight excluding hydrogens is 654 g/mol. The number of ether oxygens (including phenoxy) is 4. The molecule has 13 heteroatoms. The van der Waals surface area contributed by atoms with Gasteiger partial charge in [0.15, 0.2) is 0 Å². The summed E-state index contributed by atoms with van der Waals surface area (Å²) in [5, 5.41) is 16.2. The maximum absolute atomic E-state index is 13.6. The van der Waals surface area contributed by atoms with Crippen LogP contribution in [0.5, 0.6) is 0 Å². The monoisotopic (exact) mass is 701 g/mol. The molecule has 0 radical (unpaired) electrons. The lowest BCUT2D eigenvalue weighted by molar-refractivity contribution is -0.131. The highest BCUT2D eigenvalue weighted by atomic mass is 16.7. The minimum absolute atomic E-state index is 0.0846. The van der Waals surface area contributed by atoms with Crippen molar-refractivity contribution < 1.29 is 38.1 Å². The molecule has 4 amide bonds. The second kappa shape index (κ2) is 18.1. The van der Waals surface area contributed by atoms with Crippen molar-refractivity contribution in [2.75, 3.05) is 20.4 Å². The van der Waals surface area contributed by atoms with Gasteiger partial charge in [0.2, 0.25) is 11.8 Å². The number of carbonyl (C=O) groups excluding carboxylic acids is 4. The molecule has 0 bridgehead atoms. The van der Waals surface area contributed by atoms with Crippen LogP contribution in [0.25, 0.3) is 0 Å². The molecule has 4 N–H and O–H groups in total. The molecular formula is C38H47N5O8. The smallest absolute Gasteiger partial charge is 0.413 e. The van der Waals surface area contributed by atoms with E-state index in [4.69, 9.17) is 24.4 Å². The van der Waals surface area contributed by atoms with Gasteiger partial charge in [0, 0.05) is 31.7 Å². The predicted octanol–water partition coefficient (Wildman–Crippen LogP) is 4.97. The number of amides is 4. The first-order valence-electron chi connectivity index (χ1n) is 16.7. The lowest BCUT2D eigenvalue weighted by atomic mass is 9.94. The number of rotatable bonds is 13. The van der Waals surface area contributed by atoms with Gasteiger partial charge in [0.1, 0.15) is 36.9 Å². The average molecular weight is 702 g/mol. The lowest BCUT2D eigenvalue weighted by Crippen LogP contribution is -2.52. The first-order valence-corrected chi connectivity index (χ1v) is 16.7. The van der Waals surface area contributed by atoms with Gasteiger partial charge in [-0.05, 0) is 56.4 Å². The van der Waals surface area contributed by atoms with E-state index in [0.29, 0.717) is 18.6 Å². The quantitative estimate of drug-likeness (QED) is 0.0838. The average Bonchev–Trinajstić information content (AvgIpc) is 3.56. The Morgan fingerprint density at radius 2 is 1.63 bits per heavy atom. The van der Waals surface area contributed by atoms with Crippen LogP contribution < -0.4 is 16.0 Å². The third kappa shape index (κ3) is 11.9. The summed E-state index contributed by atoms with van der Waals surface area (Å²) in [4.78, 5) is 53.4. The van der Waals surface area contributed by atoms with Crippen LogP contribution in [0.15, 0.2) is 78.9 Å². The van der Waals surface area contributed by atoms with Gasteiger partial charge in [-0.2, -0.15) is 0 Å². The zero-order chi connectivity index (χ0) is 37.0. The van der Waals surface area contributed by atoms with E-state index in [2.05, 4.69) is 16.0 Å². The van der Waals surface area contributed by atoms with Gasteiger partial charge in [0.05, 0.1) is 6.61 Å². The third-order valence-electron chi connectivity index (χ3n) is 8.03. The van der Waals surface area contributed by atoms with Gasteiger partial charge < -0.3 is 29.6 Å². The predicted molar refractivity (Wildman–Crippen MR) is 190 cm³/mol. The SMILES string of the molecule is COCOCc1cccc([C@H]2CC(C(=O)N[C@@H](C)C(=O)NCc3ccc(C(=N)NC(=O)OCc4ccccc4)cc3)N(C(=O)OC(C)(C)C)C2)c1. The molecule has 51 heavy (non-hydrogen) atoms. The summed E-state index contributed by atoms with van der Waals surface area (Å²) < 4.78 is 21.3. The Morgan fingerprint density at radius 3 is 2.31 bits per heavy atom. The third-order valence-corrected chi connectivity index (χ3v) is 8.03. The highest BCUT2D eigenvalue weighted by Gasteiger charge is 2.42. The lowest BCUT2D eigenvalue weighted by Gasteiger charge is -2.28. The molecule has 13 nitrogen and oxygen atoms in total. The number of amidine groups is 1. The summed E-state index contributed by atoms with van der Waals surface area (Å²) in [6, 6.07) is 22.0. The number of benzene rings is 3. The van der Waals surface area contributed by atoms with Crippen molar-refractivity contribution in [1.82, 2.24) is 20.9 Å². The Balaban J connectivity index is 1.30. The van der Waals surface area contributed by atoms with Gasteiger partial charge >= 0.3 is 12.2 Å². The molecule has 0 aliphatic carbocycles. The fourth-order valence-electron chi connectivity index (χ4n) is 5.47. The van der Waals surface area contributed by atoms with Crippen LogP contribution in [0.4, 0.5) is 9.59 Å². The number of likely N-dealkylation sites (tertiary alicyclic amines) is 1. The van der Waals surface area contributed by atoms with Crippen molar-refractivity contribution in [3.8, 4) is 0 Å². The molecule has 0 spiro atoms. The van der Waals surface area contributed by atoms with Crippen molar-refractivity contribution in [3.63, 3.8) is 0 Å². The number of carbonyl (C=O) groups is 4. The number of hydrogen-bond donors (Lipinski definition) is 4. The van der Waals surface area contributed by atoms with E-state index in [9.17, 15) is 19.2 Å². The number of nitrogens with one attached hydrogen (secondary N) is 4. The second-order valence-corrected chi connectivity index (χ2v) is 13.3. The summed E-state index contributed by atoms with van der Waals surface area (Å²) in [7, 11) is 1.55. The van der Waals surface area contributed by atoms with E-state index in [1.165, 1.54) is 4.90 Å². The van der Waals surface area contributed by atoms with E-state index in [-0.39, 0.29) is 38.2 Å². The normalized spacial score (nSPS) is 16.1. The van der Waals surface area contributed by atoms with Gasteiger partial charge in [-0.1, -0.05) is 78.9 Å². The van der Waals surface area contributed by atoms with Crippen LogP contribution in [0.2, 0.25) is 0 Å². The molecule has 1 heterocycles. The largest absolute Gasteiger partial charge is 0.444 e. The van der Waals surface area contributed by atoms with Gasteiger partial charge in [-0.15, -0.1) is 0 Å². The molecule has 1 fully saturated rings. The Bertz CT molecular complexity index is 1660. The molecule has 1 saturated heterocycles.